The van der Waals surface area contributed by atoms with Gasteiger partial charge in [-0.15, -0.1) is 11.3 Å². The van der Waals surface area contributed by atoms with E-state index in [2.05, 4.69) is 10.3 Å². The lowest BCUT2D eigenvalue weighted by Crippen LogP contribution is -2.21. The number of hydrogen-bond acceptors (Lipinski definition) is 6. The first-order chi connectivity index (χ1) is 12.9. The molecule has 0 bridgehead atoms. The summed E-state index contributed by atoms with van der Waals surface area (Å²) in [5.74, 6) is -0.418. The standard InChI is InChI=1S/C19H17ClN2O4S/c1-10-11(2)27-18(16(10)19(24)25-3)22-15(23)9-26-14-7-6-13(20)12-5-4-8-21-17(12)14/h4-8H,9H2,1-3H3,(H,22,23). The Labute approximate surface area is 165 Å². The quantitative estimate of drug-likeness (QED) is 0.639. The first-order valence-corrected chi connectivity index (χ1v) is 9.26. The van der Waals surface area contributed by atoms with E-state index >= 15 is 0 Å². The summed E-state index contributed by atoms with van der Waals surface area (Å²) in [7, 11) is 1.31. The van der Waals surface area contributed by atoms with Gasteiger partial charge in [-0.2, -0.15) is 0 Å². The summed E-state index contributed by atoms with van der Waals surface area (Å²) in [5.41, 5.74) is 1.73. The number of anilines is 1. The molecule has 0 aliphatic heterocycles. The van der Waals surface area contributed by atoms with Crippen molar-refractivity contribution in [2.45, 2.75) is 13.8 Å². The van der Waals surface area contributed by atoms with Crippen LogP contribution in [-0.4, -0.2) is 30.6 Å². The Morgan fingerprint density at radius 2 is 2.04 bits per heavy atom. The number of benzene rings is 1. The number of fused-ring (bicyclic) bond motifs is 1. The van der Waals surface area contributed by atoms with E-state index in [1.807, 2.05) is 19.9 Å². The highest BCUT2D eigenvalue weighted by atomic mass is 35.5. The third-order valence-electron chi connectivity index (χ3n) is 4.07. The molecule has 8 heteroatoms. The molecule has 0 atom stereocenters. The monoisotopic (exact) mass is 404 g/mol. The topological polar surface area (TPSA) is 77.5 Å². The van der Waals surface area contributed by atoms with Gasteiger partial charge in [0, 0.05) is 16.5 Å². The van der Waals surface area contributed by atoms with E-state index in [9.17, 15) is 9.59 Å². The van der Waals surface area contributed by atoms with Crippen LogP contribution in [0.15, 0.2) is 30.5 Å². The minimum absolute atomic E-state index is 0.232. The third-order valence-corrected chi connectivity index (χ3v) is 5.52. The summed E-state index contributed by atoms with van der Waals surface area (Å²) in [6.45, 7) is 3.46. The number of hydrogen-bond donors (Lipinski definition) is 1. The molecule has 2 heterocycles. The van der Waals surface area contributed by atoms with Gasteiger partial charge in [0.05, 0.1) is 17.7 Å². The molecule has 3 aromatic rings. The Hall–Kier alpha value is -2.64. The summed E-state index contributed by atoms with van der Waals surface area (Å²) in [6, 6.07) is 6.97. The Kier molecular flexibility index (Phi) is 5.62. The highest BCUT2D eigenvalue weighted by Crippen LogP contribution is 2.33. The molecule has 0 radical (unpaired) electrons. The predicted molar refractivity (Wildman–Crippen MR) is 106 cm³/mol. The zero-order chi connectivity index (χ0) is 19.6. The lowest BCUT2D eigenvalue weighted by molar-refractivity contribution is -0.118. The Morgan fingerprint density at radius 1 is 1.26 bits per heavy atom. The zero-order valence-corrected chi connectivity index (χ0v) is 16.5. The maximum absolute atomic E-state index is 12.3. The number of ether oxygens (including phenoxy) is 2. The molecule has 3 rings (SSSR count). The summed E-state index contributed by atoms with van der Waals surface area (Å²) < 4.78 is 10.4. The Bertz CT molecular complexity index is 1030. The van der Waals surface area contributed by atoms with Gasteiger partial charge < -0.3 is 14.8 Å². The van der Waals surface area contributed by atoms with Crippen molar-refractivity contribution in [2.24, 2.45) is 0 Å². The smallest absolute Gasteiger partial charge is 0.341 e. The van der Waals surface area contributed by atoms with Crippen LogP contribution in [0.4, 0.5) is 5.00 Å². The lowest BCUT2D eigenvalue weighted by atomic mass is 10.1. The van der Waals surface area contributed by atoms with Gasteiger partial charge in [-0.05, 0) is 43.7 Å². The number of carbonyl (C=O) groups is 2. The normalized spacial score (nSPS) is 10.7. The van der Waals surface area contributed by atoms with Crippen LogP contribution < -0.4 is 10.1 Å². The highest BCUT2D eigenvalue weighted by Gasteiger charge is 2.21. The number of esters is 1. The minimum atomic E-state index is -0.485. The van der Waals surface area contributed by atoms with Crippen LogP contribution in [0.3, 0.4) is 0 Å². The van der Waals surface area contributed by atoms with Crippen LogP contribution in [0, 0.1) is 13.8 Å². The van der Waals surface area contributed by atoms with Gasteiger partial charge in [0.25, 0.3) is 5.91 Å². The van der Waals surface area contributed by atoms with Crippen molar-refractivity contribution in [2.75, 3.05) is 19.0 Å². The van der Waals surface area contributed by atoms with Crippen molar-refractivity contribution >= 4 is 50.7 Å². The summed E-state index contributed by atoms with van der Waals surface area (Å²) in [5, 5.41) is 4.48. The maximum atomic E-state index is 12.3. The largest absolute Gasteiger partial charge is 0.481 e. The van der Waals surface area contributed by atoms with E-state index in [0.717, 1.165) is 15.8 Å². The van der Waals surface area contributed by atoms with Crippen molar-refractivity contribution in [1.29, 1.82) is 0 Å². The second-order valence-electron chi connectivity index (χ2n) is 5.76. The SMILES string of the molecule is COC(=O)c1c(NC(=O)COc2ccc(Cl)c3cccnc23)sc(C)c1C. The molecule has 0 saturated heterocycles. The summed E-state index contributed by atoms with van der Waals surface area (Å²) in [4.78, 5) is 29.5. The van der Waals surface area contributed by atoms with Crippen LogP contribution in [-0.2, 0) is 9.53 Å². The minimum Gasteiger partial charge on any atom is -0.481 e. The fourth-order valence-corrected chi connectivity index (χ4v) is 3.88. The number of amides is 1. The van der Waals surface area contributed by atoms with Crippen molar-refractivity contribution in [3.8, 4) is 5.75 Å². The third kappa shape index (κ3) is 3.89. The van der Waals surface area contributed by atoms with Gasteiger partial charge in [-0.25, -0.2) is 4.79 Å². The molecule has 140 valence electrons. The Balaban J connectivity index is 1.76. The number of aromatic nitrogens is 1. The summed E-state index contributed by atoms with van der Waals surface area (Å²) in [6.07, 6.45) is 1.63. The van der Waals surface area contributed by atoms with E-state index in [0.29, 0.717) is 26.9 Å². The molecule has 1 aromatic carbocycles. The van der Waals surface area contributed by atoms with E-state index in [1.54, 1.807) is 24.4 Å². The Morgan fingerprint density at radius 3 is 2.78 bits per heavy atom. The molecule has 0 spiro atoms. The van der Waals surface area contributed by atoms with Crippen LogP contribution in [0.5, 0.6) is 5.75 Å². The number of rotatable bonds is 5. The van der Waals surface area contributed by atoms with Gasteiger partial charge in [0.15, 0.2) is 6.61 Å². The number of nitrogens with one attached hydrogen (secondary N) is 1. The number of aryl methyl sites for hydroxylation is 1. The number of halogens is 1. The van der Waals surface area contributed by atoms with Crippen LogP contribution in [0.1, 0.15) is 20.8 Å². The summed E-state index contributed by atoms with van der Waals surface area (Å²) >= 11 is 7.48. The number of carbonyl (C=O) groups excluding carboxylic acids is 2. The van der Waals surface area contributed by atoms with Gasteiger partial charge in [0.1, 0.15) is 16.3 Å². The molecule has 6 nitrogen and oxygen atoms in total. The average Bonchev–Trinajstić information content (AvgIpc) is 2.94. The van der Waals surface area contributed by atoms with Crippen molar-refractivity contribution in [3.63, 3.8) is 0 Å². The van der Waals surface area contributed by atoms with E-state index in [4.69, 9.17) is 21.1 Å². The predicted octanol–water partition coefficient (Wildman–Crippen LogP) is 4.37. The second-order valence-corrected chi connectivity index (χ2v) is 7.39. The maximum Gasteiger partial charge on any atom is 0.341 e. The molecule has 0 saturated carbocycles. The molecule has 0 fully saturated rings. The van der Waals surface area contributed by atoms with Gasteiger partial charge in [0.2, 0.25) is 0 Å². The molecule has 2 aromatic heterocycles. The molecule has 1 amide bonds. The van der Waals surface area contributed by atoms with E-state index < -0.39 is 5.97 Å². The van der Waals surface area contributed by atoms with E-state index in [-0.39, 0.29) is 12.5 Å². The van der Waals surface area contributed by atoms with Crippen molar-refractivity contribution in [1.82, 2.24) is 4.98 Å². The molecule has 1 N–H and O–H groups in total. The van der Waals surface area contributed by atoms with Crippen LogP contribution >= 0.6 is 22.9 Å². The van der Waals surface area contributed by atoms with Gasteiger partial charge in [-0.3, -0.25) is 9.78 Å². The van der Waals surface area contributed by atoms with Crippen molar-refractivity contribution in [3.05, 3.63) is 51.5 Å². The molecule has 0 aliphatic rings. The number of thiophene rings is 1. The molecule has 0 aliphatic carbocycles. The number of pyridine rings is 1. The van der Waals surface area contributed by atoms with Crippen molar-refractivity contribution < 1.29 is 19.1 Å². The molecule has 0 unspecified atom stereocenters. The van der Waals surface area contributed by atoms with E-state index in [1.165, 1.54) is 18.4 Å². The molecule has 27 heavy (non-hydrogen) atoms. The second kappa shape index (κ2) is 7.94. The van der Waals surface area contributed by atoms with Crippen LogP contribution in [0.2, 0.25) is 5.02 Å². The number of methoxy groups -OCH3 is 1. The fraction of sp³-hybridized carbons (Fsp3) is 0.211. The van der Waals surface area contributed by atoms with Gasteiger partial charge in [-0.1, -0.05) is 11.6 Å². The highest BCUT2D eigenvalue weighted by molar-refractivity contribution is 7.16. The van der Waals surface area contributed by atoms with Gasteiger partial charge >= 0.3 is 5.97 Å². The fourth-order valence-electron chi connectivity index (χ4n) is 2.60. The number of nitrogens with zero attached hydrogens (tertiary/aromatic N) is 1. The lowest BCUT2D eigenvalue weighted by Gasteiger charge is -2.10. The average molecular weight is 405 g/mol. The first-order valence-electron chi connectivity index (χ1n) is 8.06. The van der Waals surface area contributed by atoms with Crippen LogP contribution in [0.25, 0.3) is 10.9 Å². The molecular weight excluding hydrogens is 388 g/mol. The molecular formula is C19H17ClN2O4S. The first kappa shape index (κ1) is 19.1. The zero-order valence-electron chi connectivity index (χ0n) is 15.0.